The minimum Gasteiger partial charge on any atom is -0.370 e. The van der Waals surface area contributed by atoms with Gasteiger partial charge in [-0.25, -0.2) is 0 Å². The number of ether oxygens (including phenoxy) is 1. The minimum atomic E-state index is -0.498. The van der Waals surface area contributed by atoms with E-state index >= 15 is 0 Å². The topological polar surface area (TPSA) is 91.0 Å². The molecule has 1 aromatic heterocycles. The summed E-state index contributed by atoms with van der Waals surface area (Å²) in [7, 11) is 0. The second kappa shape index (κ2) is 10.6. The molecule has 4 rings (SSSR count). The largest absolute Gasteiger partial charge is 0.370 e. The smallest absolute Gasteiger partial charge is 0.261 e. The van der Waals surface area contributed by atoms with E-state index in [1.165, 1.54) is 11.3 Å². The standard InChI is InChI=1S/C23H27ClN4O4S/c1-2-27(16-7-8-16)18(13-25-23(31)19-9-10-20(24)33-19)22(30)26-15-3-5-17(6-4-15)28-11-12-32-14-21(28)29/h3-6,9-10,16,18H,2,7-8,11-14H2,1H3,(H,25,31)(H,26,30)/t18-/m1/s1. The number of rotatable bonds is 9. The van der Waals surface area contributed by atoms with E-state index in [-0.39, 0.29) is 30.9 Å². The Balaban J connectivity index is 1.42. The number of morpholine rings is 1. The maximum atomic E-state index is 13.2. The summed E-state index contributed by atoms with van der Waals surface area (Å²) in [4.78, 5) is 42.1. The van der Waals surface area contributed by atoms with Crippen molar-refractivity contribution in [3.8, 4) is 0 Å². The van der Waals surface area contributed by atoms with Crippen molar-refractivity contribution in [2.45, 2.75) is 31.8 Å². The van der Waals surface area contributed by atoms with Crippen LogP contribution in [0.5, 0.6) is 0 Å². The van der Waals surface area contributed by atoms with Crippen LogP contribution >= 0.6 is 22.9 Å². The molecule has 3 amide bonds. The van der Waals surface area contributed by atoms with Gasteiger partial charge in [0.25, 0.3) is 11.8 Å². The minimum absolute atomic E-state index is 0.0797. The van der Waals surface area contributed by atoms with E-state index in [1.54, 1.807) is 29.2 Å². The Hall–Kier alpha value is -2.46. The number of nitrogens with one attached hydrogen (secondary N) is 2. The molecule has 1 aliphatic heterocycles. The second-order valence-corrected chi connectivity index (χ2v) is 9.74. The number of carbonyl (C=O) groups is 3. The summed E-state index contributed by atoms with van der Waals surface area (Å²) >= 11 is 7.15. The van der Waals surface area contributed by atoms with Gasteiger partial charge in [0.15, 0.2) is 0 Å². The lowest BCUT2D eigenvalue weighted by Crippen LogP contribution is -2.51. The summed E-state index contributed by atoms with van der Waals surface area (Å²) in [6.07, 6.45) is 2.10. The van der Waals surface area contributed by atoms with Crippen molar-refractivity contribution in [1.82, 2.24) is 10.2 Å². The lowest BCUT2D eigenvalue weighted by Gasteiger charge is -2.30. The first-order chi connectivity index (χ1) is 16.0. The van der Waals surface area contributed by atoms with Crippen molar-refractivity contribution >= 4 is 52.0 Å². The number of amides is 3. The van der Waals surface area contributed by atoms with Crippen LogP contribution in [-0.2, 0) is 14.3 Å². The summed E-state index contributed by atoms with van der Waals surface area (Å²) in [5.41, 5.74) is 1.41. The molecule has 2 heterocycles. The number of thiophene rings is 1. The molecule has 8 nitrogen and oxygen atoms in total. The third-order valence-corrected chi connectivity index (χ3v) is 7.00. The fourth-order valence-corrected chi connectivity index (χ4v) is 4.91. The van der Waals surface area contributed by atoms with Gasteiger partial charge in [0.1, 0.15) is 12.6 Å². The summed E-state index contributed by atoms with van der Waals surface area (Å²) in [6, 6.07) is 10.4. The van der Waals surface area contributed by atoms with Gasteiger partial charge in [0, 0.05) is 30.5 Å². The normalized spacial score (nSPS) is 17.2. The van der Waals surface area contributed by atoms with Crippen molar-refractivity contribution in [2.24, 2.45) is 0 Å². The SMILES string of the molecule is CCN(C1CC1)[C@H](CNC(=O)c1ccc(Cl)s1)C(=O)Nc1ccc(N2CCOCC2=O)cc1. The van der Waals surface area contributed by atoms with E-state index in [9.17, 15) is 14.4 Å². The number of hydrogen-bond acceptors (Lipinski definition) is 6. The summed E-state index contributed by atoms with van der Waals surface area (Å²) in [5, 5.41) is 5.86. The lowest BCUT2D eigenvalue weighted by molar-refractivity contribution is -0.125. The zero-order chi connectivity index (χ0) is 23.4. The Labute approximate surface area is 201 Å². The van der Waals surface area contributed by atoms with Gasteiger partial charge < -0.3 is 20.3 Å². The molecule has 2 aliphatic rings. The Morgan fingerprint density at radius 3 is 2.61 bits per heavy atom. The van der Waals surface area contributed by atoms with Crippen LogP contribution < -0.4 is 15.5 Å². The second-order valence-electron chi connectivity index (χ2n) is 8.03. The highest BCUT2D eigenvalue weighted by molar-refractivity contribution is 7.18. The van der Waals surface area contributed by atoms with Crippen molar-refractivity contribution in [1.29, 1.82) is 0 Å². The molecular formula is C23H27ClN4O4S. The van der Waals surface area contributed by atoms with Crippen LogP contribution in [0, 0.1) is 0 Å². The van der Waals surface area contributed by atoms with Gasteiger partial charge in [-0.3, -0.25) is 19.3 Å². The lowest BCUT2D eigenvalue weighted by atomic mass is 10.2. The first kappa shape index (κ1) is 23.7. The van der Waals surface area contributed by atoms with E-state index in [4.69, 9.17) is 16.3 Å². The van der Waals surface area contributed by atoms with Crippen LogP contribution in [0.15, 0.2) is 36.4 Å². The molecule has 0 radical (unpaired) electrons. The summed E-state index contributed by atoms with van der Waals surface area (Å²) in [5.74, 6) is -0.497. The monoisotopic (exact) mass is 490 g/mol. The van der Waals surface area contributed by atoms with Gasteiger partial charge in [-0.05, 0) is 55.8 Å². The Bertz CT molecular complexity index is 1010. The highest BCUT2D eigenvalue weighted by atomic mass is 35.5. The molecular weight excluding hydrogens is 464 g/mol. The molecule has 1 saturated heterocycles. The van der Waals surface area contributed by atoms with E-state index < -0.39 is 6.04 Å². The van der Waals surface area contributed by atoms with Crippen LogP contribution in [0.25, 0.3) is 0 Å². The molecule has 0 spiro atoms. The van der Waals surface area contributed by atoms with Crippen molar-refractivity contribution in [2.75, 3.05) is 43.1 Å². The van der Waals surface area contributed by atoms with E-state index in [0.29, 0.717) is 40.6 Å². The van der Waals surface area contributed by atoms with Gasteiger partial charge in [-0.2, -0.15) is 0 Å². The van der Waals surface area contributed by atoms with E-state index in [1.807, 2.05) is 19.1 Å². The fraction of sp³-hybridized carbons (Fsp3) is 0.435. The number of carbonyl (C=O) groups excluding carboxylic acids is 3. The highest BCUT2D eigenvalue weighted by Gasteiger charge is 2.36. The third kappa shape index (κ3) is 5.92. The molecule has 2 N–H and O–H groups in total. The average molecular weight is 491 g/mol. The van der Waals surface area contributed by atoms with Crippen molar-refractivity contribution in [3.05, 3.63) is 45.6 Å². The van der Waals surface area contributed by atoms with E-state index in [2.05, 4.69) is 15.5 Å². The molecule has 176 valence electrons. The predicted molar refractivity (Wildman–Crippen MR) is 129 cm³/mol. The number of benzene rings is 1. The molecule has 1 saturated carbocycles. The quantitative estimate of drug-likeness (QED) is 0.564. The molecule has 0 bridgehead atoms. The van der Waals surface area contributed by atoms with Gasteiger partial charge in [0.2, 0.25) is 5.91 Å². The van der Waals surface area contributed by atoms with Crippen LogP contribution in [0.3, 0.4) is 0 Å². The number of anilines is 2. The Morgan fingerprint density at radius 1 is 1.24 bits per heavy atom. The maximum absolute atomic E-state index is 13.2. The van der Waals surface area contributed by atoms with Crippen molar-refractivity contribution in [3.63, 3.8) is 0 Å². The van der Waals surface area contributed by atoms with Crippen molar-refractivity contribution < 1.29 is 19.1 Å². The first-order valence-corrected chi connectivity index (χ1v) is 12.2. The summed E-state index contributed by atoms with van der Waals surface area (Å²) in [6.45, 7) is 4.02. The fourth-order valence-electron chi connectivity index (χ4n) is 3.95. The van der Waals surface area contributed by atoms with Gasteiger partial charge >= 0.3 is 0 Å². The van der Waals surface area contributed by atoms with E-state index in [0.717, 1.165) is 18.5 Å². The predicted octanol–water partition coefficient (Wildman–Crippen LogP) is 2.99. The molecule has 2 fully saturated rings. The number of hydrogen-bond donors (Lipinski definition) is 2. The summed E-state index contributed by atoms with van der Waals surface area (Å²) < 4.78 is 5.72. The van der Waals surface area contributed by atoms with Gasteiger partial charge in [-0.15, -0.1) is 11.3 Å². The molecule has 10 heteroatoms. The van der Waals surface area contributed by atoms with Crippen LogP contribution in [0.4, 0.5) is 11.4 Å². The number of nitrogens with zero attached hydrogens (tertiary/aromatic N) is 2. The molecule has 1 aliphatic carbocycles. The van der Waals surface area contributed by atoms with Gasteiger partial charge in [-0.1, -0.05) is 18.5 Å². The molecule has 33 heavy (non-hydrogen) atoms. The molecule has 1 aromatic carbocycles. The maximum Gasteiger partial charge on any atom is 0.261 e. The van der Waals surface area contributed by atoms with Crippen LogP contribution in [0.2, 0.25) is 4.34 Å². The van der Waals surface area contributed by atoms with Crippen LogP contribution in [0.1, 0.15) is 29.4 Å². The Morgan fingerprint density at radius 2 is 2.00 bits per heavy atom. The number of halogens is 1. The molecule has 0 unspecified atom stereocenters. The number of likely N-dealkylation sites (N-methyl/N-ethyl adjacent to an activating group) is 1. The Kier molecular flexibility index (Phi) is 7.64. The zero-order valence-electron chi connectivity index (χ0n) is 18.4. The first-order valence-electron chi connectivity index (χ1n) is 11.0. The average Bonchev–Trinajstić information content (AvgIpc) is 3.56. The third-order valence-electron chi connectivity index (χ3n) is 5.77. The highest BCUT2D eigenvalue weighted by Crippen LogP contribution is 2.29. The molecule has 1 atom stereocenters. The molecule has 2 aromatic rings. The zero-order valence-corrected chi connectivity index (χ0v) is 20.0. The van der Waals surface area contributed by atoms with Gasteiger partial charge in [0.05, 0.1) is 15.8 Å². The van der Waals surface area contributed by atoms with Crippen LogP contribution in [-0.4, -0.2) is 67.6 Å².